The molecule has 0 radical (unpaired) electrons. The molecule has 1 aliphatic heterocycles. The van der Waals surface area contributed by atoms with Crippen molar-refractivity contribution in [1.29, 1.82) is 0 Å². The first kappa shape index (κ1) is 20.7. The molecule has 25 heavy (non-hydrogen) atoms. The summed E-state index contributed by atoms with van der Waals surface area (Å²) in [6.07, 6.45) is 1.65. The SMILES string of the molecule is CCNC(=NCC1(SC)CCOCC1)NC1CCCC(C(F)(F)F)C1. The summed E-state index contributed by atoms with van der Waals surface area (Å²) in [4.78, 5) is 4.70. The van der Waals surface area contributed by atoms with Gasteiger partial charge in [0.2, 0.25) is 0 Å². The van der Waals surface area contributed by atoms with Crippen molar-refractivity contribution in [3.8, 4) is 0 Å². The molecule has 2 aliphatic rings. The molecule has 2 unspecified atom stereocenters. The lowest BCUT2D eigenvalue weighted by Crippen LogP contribution is -2.47. The minimum atomic E-state index is -4.10. The molecule has 0 spiro atoms. The molecule has 2 fully saturated rings. The van der Waals surface area contributed by atoms with Gasteiger partial charge in [-0.25, -0.2) is 0 Å². The Morgan fingerprint density at radius 3 is 2.60 bits per heavy atom. The lowest BCUT2D eigenvalue weighted by molar-refractivity contribution is -0.183. The summed E-state index contributed by atoms with van der Waals surface area (Å²) < 4.78 is 44.5. The first-order valence-electron chi connectivity index (χ1n) is 9.13. The van der Waals surface area contributed by atoms with Crippen LogP contribution in [0.15, 0.2) is 4.99 Å². The van der Waals surface area contributed by atoms with Crippen molar-refractivity contribution in [2.24, 2.45) is 10.9 Å². The van der Waals surface area contributed by atoms with Crippen molar-refractivity contribution in [3.05, 3.63) is 0 Å². The molecule has 8 heteroatoms. The summed E-state index contributed by atoms with van der Waals surface area (Å²) in [5, 5.41) is 6.42. The van der Waals surface area contributed by atoms with Crippen molar-refractivity contribution >= 4 is 17.7 Å². The van der Waals surface area contributed by atoms with E-state index in [0.717, 1.165) is 32.5 Å². The fourth-order valence-corrected chi connectivity index (χ4v) is 4.29. The zero-order valence-electron chi connectivity index (χ0n) is 15.1. The minimum Gasteiger partial charge on any atom is -0.381 e. The fraction of sp³-hybridized carbons (Fsp3) is 0.941. The molecule has 1 saturated carbocycles. The van der Waals surface area contributed by atoms with Gasteiger partial charge < -0.3 is 15.4 Å². The largest absolute Gasteiger partial charge is 0.391 e. The molecule has 1 saturated heterocycles. The lowest BCUT2D eigenvalue weighted by Gasteiger charge is -2.35. The van der Waals surface area contributed by atoms with Crippen LogP contribution in [0.25, 0.3) is 0 Å². The third kappa shape index (κ3) is 6.24. The van der Waals surface area contributed by atoms with Gasteiger partial charge in [-0.2, -0.15) is 24.9 Å². The smallest absolute Gasteiger partial charge is 0.381 e. The monoisotopic (exact) mass is 381 g/mol. The zero-order valence-corrected chi connectivity index (χ0v) is 15.9. The van der Waals surface area contributed by atoms with Gasteiger partial charge in [-0.15, -0.1) is 0 Å². The van der Waals surface area contributed by atoms with E-state index in [1.54, 1.807) is 0 Å². The number of hydrogen-bond donors (Lipinski definition) is 2. The van der Waals surface area contributed by atoms with Crippen molar-refractivity contribution in [3.63, 3.8) is 0 Å². The molecule has 1 aliphatic carbocycles. The van der Waals surface area contributed by atoms with E-state index in [4.69, 9.17) is 9.73 Å². The Labute approximate surface area is 152 Å². The highest BCUT2D eigenvalue weighted by Gasteiger charge is 2.42. The number of nitrogens with zero attached hydrogens (tertiary/aromatic N) is 1. The highest BCUT2D eigenvalue weighted by atomic mass is 32.2. The maximum atomic E-state index is 13.0. The molecule has 0 aromatic carbocycles. The van der Waals surface area contributed by atoms with Gasteiger partial charge in [0, 0.05) is 30.5 Å². The normalized spacial score (nSPS) is 27.8. The lowest BCUT2D eigenvalue weighted by atomic mass is 9.85. The second kappa shape index (κ2) is 9.35. The summed E-state index contributed by atoms with van der Waals surface area (Å²) >= 11 is 1.81. The number of aliphatic imine (C=N–C) groups is 1. The van der Waals surface area contributed by atoms with Gasteiger partial charge in [0.1, 0.15) is 0 Å². The van der Waals surface area contributed by atoms with Gasteiger partial charge in [0.05, 0.1) is 12.5 Å². The van der Waals surface area contributed by atoms with E-state index in [-0.39, 0.29) is 23.6 Å². The summed E-state index contributed by atoms with van der Waals surface area (Å²) in [5.41, 5.74) is 0. The van der Waals surface area contributed by atoms with Crippen molar-refractivity contribution in [2.45, 2.75) is 62.4 Å². The van der Waals surface area contributed by atoms with Crippen molar-refractivity contribution in [2.75, 3.05) is 32.6 Å². The van der Waals surface area contributed by atoms with Crippen LogP contribution in [0.5, 0.6) is 0 Å². The predicted octanol–water partition coefficient (Wildman–Crippen LogP) is 3.57. The Bertz CT molecular complexity index is 439. The maximum absolute atomic E-state index is 13.0. The molecule has 1 heterocycles. The molecule has 2 atom stereocenters. The first-order chi connectivity index (χ1) is 11.9. The molecule has 2 rings (SSSR count). The number of ether oxygens (including phenoxy) is 1. The number of nitrogens with one attached hydrogen (secondary N) is 2. The van der Waals surface area contributed by atoms with Crippen molar-refractivity contribution in [1.82, 2.24) is 10.6 Å². The topological polar surface area (TPSA) is 45.7 Å². The average molecular weight is 382 g/mol. The fourth-order valence-electron chi connectivity index (χ4n) is 3.52. The quantitative estimate of drug-likeness (QED) is 0.565. The number of rotatable bonds is 5. The second-order valence-electron chi connectivity index (χ2n) is 6.94. The van der Waals surface area contributed by atoms with Gasteiger partial charge in [-0.3, -0.25) is 4.99 Å². The van der Waals surface area contributed by atoms with Gasteiger partial charge >= 0.3 is 6.18 Å². The molecule has 146 valence electrons. The van der Waals surface area contributed by atoms with Crippen LogP contribution in [-0.2, 0) is 4.74 Å². The number of thioether (sulfide) groups is 1. The van der Waals surface area contributed by atoms with E-state index in [9.17, 15) is 13.2 Å². The molecule has 0 amide bonds. The number of guanidine groups is 1. The van der Waals surface area contributed by atoms with Crippen LogP contribution in [0.3, 0.4) is 0 Å². The van der Waals surface area contributed by atoms with E-state index in [1.165, 1.54) is 0 Å². The molecular formula is C17H30F3N3OS. The number of halogens is 3. The average Bonchev–Trinajstić information content (AvgIpc) is 2.60. The van der Waals surface area contributed by atoms with E-state index in [1.807, 2.05) is 18.7 Å². The van der Waals surface area contributed by atoms with E-state index < -0.39 is 12.1 Å². The molecular weight excluding hydrogens is 351 g/mol. The predicted molar refractivity (Wildman–Crippen MR) is 97.2 cm³/mol. The Balaban J connectivity index is 1.97. The van der Waals surface area contributed by atoms with E-state index in [2.05, 4.69) is 16.9 Å². The van der Waals surface area contributed by atoms with E-state index in [0.29, 0.717) is 25.5 Å². The zero-order chi connectivity index (χ0) is 18.3. The van der Waals surface area contributed by atoms with Crippen LogP contribution < -0.4 is 10.6 Å². The molecule has 0 bridgehead atoms. The van der Waals surface area contributed by atoms with Gasteiger partial charge in [-0.1, -0.05) is 6.42 Å². The molecule has 4 nitrogen and oxygen atoms in total. The Kier molecular flexibility index (Phi) is 7.73. The van der Waals surface area contributed by atoms with E-state index >= 15 is 0 Å². The third-order valence-electron chi connectivity index (χ3n) is 5.18. The van der Waals surface area contributed by atoms with Crippen LogP contribution in [-0.4, -0.2) is 55.5 Å². The maximum Gasteiger partial charge on any atom is 0.391 e. The molecule has 0 aromatic rings. The third-order valence-corrected chi connectivity index (χ3v) is 6.59. The summed E-state index contributed by atoms with van der Waals surface area (Å²) in [7, 11) is 0. The highest BCUT2D eigenvalue weighted by molar-refractivity contribution is 8.00. The highest BCUT2D eigenvalue weighted by Crippen LogP contribution is 2.37. The summed E-state index contributed by atoms with van der Waals surface area (Å²) in [6, 6.07) is -0.168. The number of hydrogen-bond acceptors (Lipinski definition) is 3. The van der Waals surface area contributed by atoms with Crippen LogP contribution in [0, 0.1) is 5.92 Å². The summed E-state index contributed by atoms with van der Waals surface area (Å²) in [5.74, 6) is -0.565. The number of alkyl halides is 3. The second-order valence-corrected chi connectivity index (χ2v) is 8.22. The molecule has 0 aromatic heterocycles. The van der Waals surface area contributed by atoms with Gasteiger partial charge in [-0.05, 0) is 45.3 Å². The Hall–Kier alpha value is -0.630. The van der Waals surface area contributed by atoms with Crippen LogP contribution in [0.4, 0.5) is 13.2 Å². The minimum absolute atomic E-state index is 0.0711. The molecule has 2 N–H and O–H groups in total. The van der Waals surface area contributed by atoms with Gasteiger partial charge in [0.15, 0.2) is 5.96 Å². The Morgan fingerprint density at radius 2 is 2.00 bits per heavy atom. The Morgan fingerprint density at radius 1 is 1.28 bits per heavy atom. The van der Waals surface area contributed by atoms with Gasteiger partial charge in [0.25, 0.3) is 0 Å². The van der Waals surface area contributed by atoms with Crippen molar-refractivity contribution < 1.29 is 17.9 Å². The summed E-state index contributed by atoms with van der Waals surface area (Å²) in [6.45, 7) is 4.81. The van der Waals surface area contributed by atoms with Crippen LogP contribution in [0.1, 0.15) is 45.4 Å². The van der Waals surface area contributed by atoms with Crippen LogP contribution >= 0.6 is 11.8 Å². The first-order valence-corrected chi connectivity index (χ1v) is 10.4. The standard InChI is InChI=1S/C17H30F3N3OS/c1-3-21-15(22-12-16(25-2)7-9-24-10-8-16)23-14-6-4-5-13(11-14)17(18,19)20/h13-14H,3-12H2,1-2H3,(H2,21,22,23). The van der Waals surface area contributed by atoms with Crippen LogP contribution in [0.2, 0.25) is 0 Å².